The van der Waals surface area contributed by atoms with Gasteiger partial charge in [0.05, 0.1) is 7.11 Å². The lowest BCUT2D eigenvalue weighted by Gasteiger charge is -2.46. The van der Waals surface area contributed by atoms with Crippen LogP contribution < -0.4 is 10.5 Å². The van der Waals surface area contributed by atoms with Crippen molar-refractivity contribution in [1.29, 1.82) is 0 Å². The van der Waals surface area contributed by atoms with E-state index in [0.717, 1.165) is 18.6 Å². The van der Waals surface area contributed by atoms with Gasteiger partial charge in [0.15, 0.2) is 0 Å². The summed E-state index contributed by atoms with van der Waals surface area (Å²) in [6.07, 6.45) is 9.18. The fourth-order valence-electron chi connectivity index (χ4n) is 4.40. The number of methoxy groups -OCH3 is 1. The Hall–Kier alpha value is -1.28. The predicted octanol–water partition coefficient (Wildman–Crippen LogP) is 3.58. The number of hydrogen-bond acceptors (Lipinski definition) is 2. The van der Waals surface area contributed by atoms with Crippen LogP contribution in [0.25, 0.3) is 0 Å². The normalized spacial score (nSPS) is 32.1. The zero-order valence-electron chi connectivity index (χ0n) is 12.4. The molecular formula is C18H25NO. The number of nitrogens with two attached hydrogens (primary N) is 1. The van der Waals surface area contributed by atoms with Crippen LogP contribution >= 0.6 is 0 Å². The summed E-state index contributed by atoms with van der Waals surface area (Å²) in [7, 11) is 1.74. The molecule has 2 N–H and O–H groups in total. The van der Waals surface area contributed by atoms with Gasteiger partial charge in [0.25, 0.3) is 0 Å². The average molecular weight is 271 g/mol. The fourth-order valence-corrected chi connectivity index (χ4v) is 4.40. The van der Waals surface area contributed by atoms with Crippen LogP contribution in [0.3, 0.4) is 0 Å². The van der Waals surface area contributed by atoms with Gasteiger partial charge in [-0.1, -0.05) is 25.0 Å². The van der Waals surface area contributed by atoms with Crippen LogP contribution in [0, 0.1) is 5.92 Å². The molecule has 2 heteroatoms. The first-order valence-electron chi connectivity index (χ1n) is 7.75. The molecule has 2 bridgehead atoms. The van der Waals surface area contributed by atoms with Crippen LogP contribution in [0.2, 0.25) is 0 Å². The summed E-state index contributed by atoms with van der Waals surface area (Å²) >= 11 is 0. The van der Waals surface area contributed by atoms with Gasteiger partial charge in [0, 0.05) is 11.5 Å². The highest BCUT2D eigenvalue weighted by Crippen LogP contribution is 2.49. The highest BCUT2D eigenvalue weighted by molar-refractivity contribution is 5.45. The van der Waals surface area contributed by atoms with E-state index in [1.54, 1.807) is 7.11 Å². The van der Waals surface area contributed by atoms with Crippen molar-refractivity contribution in [3.63, 3.8) is 0 Å². The zero-order chi connectivity index (χ0) is 14.2. The number of ether oxygens (including phenoxy) is 1. The van der Waals surface area contributed by atoms with Gasteiger partial charge in [-0.3, -0.25) is 0 Å². The molecule has 2 aliphatic carbocycles. The van der Waals surface area contributed by atoms with Crippen molar-refractivity contribution in [2.75, 3.05) is 7.11 Å². The third-order valence-corrected chi connectivity index (χ3v) is 5.44. The van der Waals surface area contributed by atoms with Gasteiger partial charge in [-0.25, -0.2) is 0 Å². The van der Waals surface area contributed by atoms with Gasteiger partial charge in [-0.2, -0.15) is 0 Å². The van der Waals surface area contributed by atoms with Gasteiger partial charge in [0.2, 0.25) is 0 Å². The summed E-state index contributed by atoms with van der Waals surface area (Å²) in [5.41, 5.74) is 9.69. The second-order valence-corrected chi connectivity index (χ2v) is 6.41. The fraction of sp³-hybridized carbons (Fsp3) is 0.556. The van der Waals surface area contributed by atoms with E-state index in [2.05, 4.69) is 30.9 Å². The first-order valence-corrected chi connectivity index (χ1v) is 7.75. The maximum absolute atomic E-state index is 6.72. The molecule has 1 aromatic rings. The first kappa shape index (κ1) is 13.7. The van der Waals surface area contributed by atoms with E-state index < -0.39 is 0 Å². The van der Waals surface area contributed by atoms with E-state index in [0.29, 0.717) is 5.92 Å². The number of fused-ring (bicyclic) bond motifs is 4. The van der Waals surface area contributed by atoms with Crippen LogP contribution in [0.1, 0.15) is 43.2 Å². The molecule has 108 valence electrons. The molecule has 1 saturated carbocycles. The van der Waals surface area contributed by atoms with Crippen molar-refractivity contribution in [2.45, 2.75) is 50.0 Å². The van der Waals surface area contributed by atoms with Crippen LogP contribution in [-0.4, -0.2) is 13.2 Å². The lowest BCUT2D eigenvalue weighted by atomic mass is 9.60. The first-order chi connectivity index (χ1) is 9.71. The Morgan fingerprint density at radius 1 is 1.45 bits per heavy atom. The molecule has 0 saturated heterocycles. The van der Waals surface area contributed by atoms with Crippen molar-refractivity contribution in [3.05, 3.63) is 42.0 Å². The Labute approximate surface area is 122 Å². The minimum absolute atomic E-state index is 0.0744. The smallest absolute Gasteiger partial charge is 0.119 e. The van der Waals surface area contributed by atoms with Gasteiger partial charge >= 0.3 is 0 Å². The molecule has 20 heavy (non-hydrogen) atoms. The summed E-state index contributed by atoms with van der Waals surface area (Å²) in [6, 6.07) is 6.81. The molecule has 0 radical (unpaired) electrons. The lowest BCUT2D eigenvalue weighted by Crippen LogP contribution is -2.52. The summed E-state index contributed by atoms with van der Waals surface area (Å²) in [4.78, 5) is 0. The summed E-state index contributed by atoms with van der Waals surface area (Å²) in [5, 5.41) is 0. The van der Waals surface area contributed by atoms with Crippen molar-refractivity contribution >= 4 is 0 Å². The van der Waals surface area contributed by atoms with Crippen molar-refractivity contribution < 1.29 is 4.74 Å². The van der Waals surface area contributed by atoms with Crippen LogP contribution in [0.15, 0.2) is 30.9 Å². The monoisotopic (exact) mass is 271 g/mol. The van der Waals surface area contributed by atoms with E-state index in [9.17, 15) is 0 Å². The topological polar surface area (TPSA) is 35.2 Å². The molecule has 0 aliphatic heterocycles. The maximum Gasteiger partial charge on any atom is 0.119 e. The van der Waals surface area contributed by atoms with E-state index in [1.165, 1.54) is 36.8 Å². The number of hydrogen-bond donors (Lipinski definition) is 1. The Morgan fingerprint density at radius 2 is 2.30 bits per heavy atom. The van der Waals surface area contributed by atoms with E-state index in [-0.39, 0.29) is 11.5 Å². The van der Waals surface area contributed by atoms with Crippen molar-refractivity contribution in [2.24, 2.45) is 11.7 Å². The molecular weight excluding hydrogens is 246 g/mol. The number of allylic oxidation sites excluding steroid dienone is 1. The molecule has 2 aliphatic rings. The van der Waals surface area contributed by atoms with Crippen LogP contribution in [-0.2, 0) is 11.8 Å². The quantitative estimate of drug-likeness (QED) is 0.853. The van der Waals surface area contributed by atoms with Gasteiger partial charge in [-0.15, -0.1) is 6.58 Å². The molecule has 0 amide bonds. The van der Waals surface area contributed by atoms with Gasteiger partial charge in [-0.05, 0) is 54.9 Å². The molecule has 3 atom stereocenters. The molecule has 0 spiro atoms. The second-order valence-electron chi connectivity index (χ2n) is 6.41. The van der Waals surface area contributed by atoms with Crippen molar-refractivity contribution in [3.8, 4) is 5.75 Å². The molecule has 1 unspecified atom stereocenters. The SMILES string of the molecule is C=CC[C@@]12CCCCC(Cc3ccc(OC)cc31)[C@@H]2N. The van der Waals surface area contributed by atoms with Crippen LogP contribution in [0.5, 0.6) is 5.75 Å². The van der Waals surface area contributed by atoms with Crippen molar-refractivity contribution in [1.82, 2.24) is 0 Å². The predicted molar refractivity (Wildman–Crippen MR) is 83.1 cm³/mol. The number of benzene rings is 1. The Bertz CT molecular complexity index is 510. The standard InChI is InChI=1S/C18H25NO/c1-3-9-18-10-5-4-6-14(17(18)19)11-13-7-8-15(20-2)12-16(13)18/h3,7-8,12,14,17H,1,4-6,9-11,19H2,2H3/t14?,17-,18+/m0/s1. The minimum Gasteiger partial charge on any atom is -0.497 e. The molecule has 3 rings (SSSR count). The molecule has 1 aromatic carbocycles. The maximum atomic E-state index is 6.72. The molecule has 1 fully saturated rings. The third-order valence-electron chi connectivity index (χ3n) is 5.44. The van der Waals surface area contributed by atoms with E-state index >= 15 is 0 Å². The van der Waals surface area contributed by atoms with E-state index in [4.69, 9.17) is 10.5 Å². The van der Waals surface area contributed by atoms with Gasteiger partial charge in [0.1, 0.15) is 5.75 Å². The Balaban J connectivity index is 2.16. The summed E-state index contributed by atoms with van der Waals surface area (Å²) in [6.45, 7) is 3.99. The average Bonchev–Trinajstić information content (AvgIpc) is 2.57. The summed E-state index contributed by atoms with van der Waals surface area (Å²) < 4.78 is 5.44. The van der Waals surface area contributed by atoms with E-state index in [1.807, 2.05) is 0 Å². The molecule has 0 heterocycles. The summed E-state index contributed by atoms with van der Waals surface area (Å²) in [5.74, 6) is 1.57. The van der Waals surface area contributed by atoms with Gasteiger partial charge < -0.3 is 10.5 Å². The zero-order valence-corrected chi connectivity index (χ0v) is 12.4. The largest absolute Gasteiger partial charge is 0.497 e. The lowest BCUT2D eigenvalue weighted by molar-refractivity contribution is 0.236. The van der Waals surface area contributed by atoms with Crippen LogP contribution in [0.4, 0.5) is 0 Å². The molecule has 2 nitrogen and oxygen atoms in total. The highest BCUT2D eigenvalue weighted by Gasteiger charge is 2.46. The Kier molecular flexibility index (Phi) is 3.59. The third kappa shape index (κ3) is 1.98. The molecule has 0 aromatic heterocycles. The highest BCUT2D eigenvalue weighted by atomic mass is 16.5. The number of rotatable bonds is 3. The minimum atomic E-state index is 0.0744. The Morgan fingerprint density at radius 3 is 3.05 bits per heavy atom. The second kappa shape index (κ2) is 5.25.